The number of carboxylic acid groups (broad SMARTS) is 1. The van der Waals surface area contributed by atoms with Crippen molar-refractivity contribution in [3.05, 3.63) is 83.3 Å². The molecule has 3 heterocycles. The van der Waals surface area contributed by atoms with E-state index in [1.54, 1.807) is 16.9 Å². The van der Waals surface area contributed by atoms with Gasteiger partial charge in [-0.25, -0.2) is 14.2 Å². The van der Waals surface area contributed by atoms with Crippen LogP contribution in [-0.4, -0.2) is 77.2 Å². The van der Waals surface area contributed by atoms with Gasteiger partial charge < -0.3 is 35.0 Å². The van der Waals surface area contributed by atoms with Crippen molar-refractivity contribution in [3.63, 3.8) is 0 Å². The van der Waals surface area contributed by atoms with Gasteiger partial charge in [-0.2, -0.15) is 0 Å². The molecule has 2 fully saturated rings. The first kappa shape index (κ1) is 29.4. The number of ether oxygens (including phenoxy) is 2. The molecule has 4 aliphatic rings. The third-order valence-corrected chi connectivity index (χ3v) is 8.19. The highest BCUT2D eigenvalue weighted by Crippen LogP contribution is 2.39. The van der Waals surface area contributed by atoms with Crippen molar-refractivity contribution in [1.29, 1.82) is 0 Å². The Hall–Kier alpha value is -4.71. The van der Waals surface area contributed by atoms with E-state index >= 15 is 4.39 Å². The van der Waals surface area contributed by atoms with E-state index in [1.165, 1.54) is 12.3 Å². The van der Waals surface area contributed by atoms with Gasteiger partial charge >= 0.3 is 5.97 Å². The molecule has 0 radical (unpaired) electrons. The smallest absolute Gasteiger partial charge is 0.340 e. The summed E-state index contributed by atoms with van der Waals surface area (Å²) in [5, 5.41) is 13.9. The lowest BCUT2D eigenvalue weighted by Gasteiger charge is -2.39. The largest absolute Gasteiger partial charge is 0.493 e. The van der Waals surface area contributed by atoms with E-state index in [9.17, 15) is 14.7 Å². The summed E-state index contributed by atoms with van der Waals surface area (Å²) < 4.78 is 26.9. The summed E-state index contributed by atoms with van der Waals surface area (Å²) in [6.45, 7) is 1.50. The van der Waals surface area contributed by atoms with Crippen LogP contribution in [0, 0.1) is 11.8 Å². The average Bonchev–Trinajstić information content (AvgIpc) is 3.80. The number of aliphatic carboxylic acids is 1. The van der Waals surface area contributed by atoms with Crippen molar-refractivity contribution in [3.8, 4) is 11.5 Å². The number of benzene rings is 2. The van der Waals surface area contributed by atoms with Crippen LogP contribution in [0.1, 0.15) is 24.0 Å². The molecule has 0 amide bonds. The topological polar surface area (TPSA) is 139 Å². The fraction of sp³-hybridized carbons (Fsp3) is 0.375. The monoisotopic (exact) mass is 603 g/mol. The maximum atomic E-state index is 15.4. The Kier molecular flexibility index (Phi) is 8.34. The summed E-state index contributed by atoms with van der Waals surface area (Å²) in [7, 11) is 1.58. The molecule has 230 valence electrons. The number of carboxylic acids is 1. The Morgan fingerprint density at radius 1 is 1.14 bits per heavy atom. The molecule has 11 nitrogen and oxygen atoms in total. The number of fused-ring (bicyclic) bond motifs is 1. The lowest BCUT2D eigenvalue weighted by molar-refractivity contribution is -0.136. The standard InChI is InChI=1S/C32H34FN5O6/c1-42-28-11-20(7-10-27(28)43-17-19-5-3-2-4-6-19)18-44-36-26-16-37(14-21(26)13-34)31-25(33)12-23-29(39)24(32(40)41)15-38(22-8-9-22)30(23)35-31/h2-7,10-12,15,21-23,30H,8-9,13-14,16-18,34H2,1H3,(H,40,41)/b36-26-. The average molecular weight is 604 g/mol. The summed E-state index contributed by atoms with van der Waals surface area (Å²) >= 11 is 0. The number of oxime groups is 1. The highest BCUT2D eigenvalue weighted by atomic mass is 19.1. The number of nitrogens with zero attached hydrogens (tertiary/aromatic N) is 4. The Bertz CT molecular complexity index is 1550. The number of amidine groups is 1. The summed E-state index contributed by atoms with van der Waals surface area (Å²) in [4.78, 5) is 38.4. The second-order valence-corrected chi connectivity index (χ2v) is 11.2. The molecular weight excluding hydrogens is 569 g/mol. The van der Waals surface area contributed by atoms with Crippen molar-refractivity contribution >= 4 is 23.3 Å². The van der Waals surface area contributed by atoms with Gasteiger partial charge in [0.2, 0.25) is 0 Å². The van der Waals surface area contributed by atoms with Gasteiger partial charge in [-0.1, -0.05) is 41.6 Å². The van der Waals surface area contributed by atoms with E-state index in [4.69, 9.17) is 20.0 Å². The predicted molar refractivity (Wildman–Crippen MR) is 160 cm³/mol. The van der Waals surface area contributed by atoms with Gasteiger partial charge in [-0.3, -0.25) is 4.79 Å². The third-order valence-electron chi connectivity index (χ3n) is 8.19. The second kappa shape index (κ2) is 12.5. The minimum atomic E-state index is -1.32. The molecule has 2 aromatic rings. The van der Waals surface area contributed by atoms with Crippen LogP contribution < -0.4 is 15.2 Å². The zero-order valence-electron chi connectivity index (χ0n) is 24.3. The van der Waals surface area contributed by atoms with Gasteiger partial charge in [0, 0.05) is 31.2 Å². The molecule has 2 aromatic carbocycles. The fourth-order valence-corrected chi connectivity index (χ4v) is 5.69. The van der Waals surface area contributed by atoms with E-state index in [0.717, 1.165) is 24.0 Å². The minimum absolute atomic E-state index is 0.0773. The zero-order chi connectivity index (χ0) is 30.8. The summed E-state index contributed by atoms with van der Waals surface area (Å²) in [6, 6.07) is 15.5. The van der Waals surface area contributed by atoms with E-state index in [2.05, 4.69) is 10.1 Å². The number of carbonyl (C=O) groups is 2. The first-order valence-electron chi connectivity index (χ1n) is 14.6. The normalized spacial score (nSPS) is 24.0. The van der Waals surface area contributed by atoms with E-state index in [0.29, 0.717) is 30.4 Å². The Morgan fingerprint density at radius 2 is 1.93 bits per heavy atom. The molecule has 3 atom stereocenters. The Morgan fingerprint density at radius 3 is 2.64 bits per heavy atom. The molecule has 1 saturated carbocycles. The highest BCUT2D eigenvalue weighted by Gasteiger charge is 2.47. The molecule has 12 heteroatoms. The molecule has 3 aliphatic heterocycles. The molecule has 44 heavy (non-hydrogen) atoms. The van der Waals surface area contributed by atoms with Crippen LogP contribution in [0.25, 0.3) is 0 Å². The number of dihydropyridines is 1. The molecular formula is C32H34FN5O6. The van der Waals surface area contributed by atoms with Gasteiger partial charge in [0.05, 0.1) is 25.3 Å². The molecule has 0 bridgehead atoms. The van der Waals surface area contributed by atoms with Crippen LogP contribution in [-0.2, 0) is 27.6 Å². The molecule has 1 saturated heterocycles. The first-order valence-corrected chi connectivity index (χ1v) is 14.6. The molecule has 3 N–H and O–H groups in total. The van der Waals surface area contributed by atoms with Crippen LogP contribution in [0.2, 0.25) is 0 Å². The number of nitrogens with two attached hydrogens (primary N) is 1. The molecule has 0 aromatic heterocycles. The van der Waals surface area contributed by atoms with E-state index in [1.807, 2.05) is 48.5 Å². The van der Waals surface area contributed by atoms with E-state index < -0.39 is 29.7 Å². The fourth-order valence-electron chi connectivity index (χ4n) is 5.69. The summed E-state index contributed by atoms with van der Waals surface area (Å²) in [5.74, 6) is -2.51. The van der Waals surface area contributed by atoms with Crippen molar-refractivity contribution < 1.29 is 33.4 Å². The summed E-state index contributed by atoms with van der Waals surface area (Å²) in [6.07, 6.45) is 3.59. The number of hydrogen-bond donors (Lipinski definition) is 2. The molecule has 3 unspecified atom stereocenters. The van der Waals surface area contributed by atoms with Crippen LogP contribution >= 0.6 is 0 Å². The number of ketones is 1. The zero-order valence-corrected chi connectivity index (χ0v) is 24.3. The van der Waals surface area contributed by atoms with Crippen molar-refractivity contribution in [1.82, 2.24) is 9.80 Å². The van der Waals surface area contributed by atoms with Crippen LogP contribution in [0.3, 0.4) is 0 Å². The SMILES string of the molecule is COc1cc(CO/N=C2/CN(C3=NC4C(C=C3F)C(=O)C(C(=O)O)=CN4C3CC3)CC2CN)ccc1OCc1ccccc1. The van der Waals surface area contributed by atoms with Crippen LogP contribution in [0.15, 0.2) is 82.4 Å². The number of rotatable bonds is 10. The third kappa shape index (κ3) is 6.02. The predicted octanol–water partition coefficient (Wildman–Crippen LogP) is 3.26. The lowest BCUT2D eigenvalue weighted by Crippen LogP contribution is -2.49. The number of halogens is 1. The van der Waals surface area contributed by atoms with E-state index in [-0.39, 0.29) is 43.1 Å². The van der Waals surface area contributed by atoms with Crippen molar-refractivity contribution in [2.45, 2.75) is 38.3 Å². The van der Waals surface area contributed by atoms with Crippen LogP contribution in [0.4, 0.5) is 4.39 Å². The van der Waals surface area contributed by atoms with Gasteiger partial charge in [0.1, 0.15) is 25.0 Å². The van der Waals surface area contributed by atoms with Crippen LogP contribution in [0.5, 0.6) is 11.5 Å². The quantitative estimate of drug-likeness (QED) is 0.309. The lowest BCUT2D eigenvalue weighted by atomic mass is 9.88. The molecule has 0 spiro atoms. The number of hydrogen-bond acceptors (Lipinski definition) is 10. The maximum Gasteiger partial charge on any atom is 0.340 e. The van der Waals surface area contributed by atoms with Gasteiger partial charge in [0.25, 0.3) is 0 Å². The molecule has 6 rings (SSSR count). The molecule has 1 aliphatic carbocycles. The van der Waals surface area contributed by atoms with Gasteiger partial charge in [-0.05, 0) is 42.2 Å². The van der Waals surface area contributed by atoms with Crippen molar-refractivity contribution in [2.75, 3.05) is 26.7 Å². The van der Waals surface area contributed by atoms with Crippen molar-refractivity contribution in [2.24, 2.45) is 27.7 Å². The number of carbonyl (C=O) groups excluding carboxylic acids is 1. The highest BCUT2D eigenvalue weighted by molar-refractivity contribution is 6.19. The second-order valence-electron chi connectivity index (χ2n) is 11.2. The van der Waals surface area contributed by atoms with Gasteiger partial charge in [-0.15, -0.1) is 0 Å². The minimum Gasteiger partial charge on any atom is -0.493 e. The number of aliphatic imine (C=N–C) groups is 1. The summed E-state index contributed by atoms with van der Waals surface area (Å²) in [5.41, 5.74) is 8.22. The number of likely N-dealkylation sites (tertiary alicyclic amines) is 1. The number of methoxy groups -OCH3 is 1. The Balaban J connectivity index is 1.13. The maximum absolute atomic E-state index is 15.4. The Labute approximate surface area is 254 Å². The van der Waals surface area contributed by atoms with Gasteiger partial charge in [0.15, 0.2) is 28.9 Å². The number of Topliss-reactive ketones (excluding diaryl/α,β-unsaturated/α-hetero) is 1. The first-order chi connectivity index (χ1) is 21.4.